The van der Waals surface area contributed by atoms with Crippen LogP contribution in [0.1, 0.15) is 20.8 Å². The molecule has 1 rings (SSSR count). The molecule has 96 valence electrons. The third-order valence-corrected chi connectivity index (χ3v) is 2.65. The molecule has 0 saturated carbocycles. The van der Waals surface area contributed by atoms with E-state index in [0.717, 1.165) is 13.1 Å². The summed E-state index contributed by atoms with van der Waals surface area (Å²) in [6, 6.07) is 2.12. The van der Waals surface area contributed by atoms with Gasteiger partial charge in [-0.2, -0.15) is 5.26 Å². The van der Waals surface area contributed by atoms with Gasteiger partial charge >= 0.3 is 0 Å². The van der Waals surface area contributed by atoms with Gasteiger partial charge < -0.3 is 9.64 Å². The minimum absolute atomic E-state index is 0.0385. The number of carbonyl (C=O) groups excluding carboxylic acids is 1. The van der Waals surface area contributed by atoms with E-state index in [1.807, 2.05) is 25.7 Å². The first-order valence-electron chi connectivity index (χ1n) is 5.93. The van der Waals surface area contributed by atoms with Crippen molar-refractivity contribution in [2.75, 3.05) is 39.3 Å². The zero-order valence-corrected chi connectivity index (χ0v) is 10.9. The fourth-order valence-corrected chi connectivity index (χ4v) is 1.62. The number of ether oxygens (including phenoxy) is 1. The van der Waals surface area contributed by atoms with Crippen molar-refractivity contribution in [1.82, 2.24) is 9.80 Å². The van der Waals surface area contributed by atoms with Gasteiger partial charge in [0.25, 0.3) is 0 Å². The van der Waals surface area contributed by atoms with Crippen LogP contribution in [0.25, 0.3) is 0 Å². The van der Waals surface area contributed by atoms with E-state index in [9.17, 15) is 4.79 Å². The molecule has 0 bridgehead atoms. The van der Waals surface area contributed by atoms with E-state index in [2.05, 4.69) is 6.07 Å². The molecule has 17 heavy (non-hydrogen) atoms. The predicted octanol–water partition coefficient (Wildman–Crippen LogP) is 0.469. The summed E-state index contributed by atoms with van der Waals surface area (Å²) >= 11 is 0. The molecule has 1 fully saturated rings. The minimum Gasteiger partial charge on any atom is -0.366 e. The van der Waals surface area contributed by atoms with Crippen LogP contribution in [0.5, 0.6) is 0 Å². The number of piperazine rings is 1. The van der Waals surface area contributed by atoms with Gasteiger partial charge in [-0.05, 0) is 20.8 Å². The molecule has 5 heteroatoms. The average molecular weight is 239 g/mol. The van der Waals surface area contributed by atoms with Gasteiger partial charge in [-0.1, -0.05) is 0 Å². The Labute approximate surface area is 103 Å². The van der Waals surface area contributed by atoms with Crippen LogP contribution in [0.3, 0.4) is 0 Å². The molecule has 0 unspecified atom stereocenters. The second kappa shape index (κ2) is 5.99. The molecule has 0 aromatic heterocycles. The van der Waals surface area contributed by atoms with Crippen LogP contribution >= 0.6 is 0 Å². The van der Waals surface area contributed by atoms with Gasteiger partial charge in [0, 0.05) is 26.2 Å². The normalized spacial score (nSPS) is 17.9. The first-order chi connectivity index (χ1) is 7.92. The lowest BCUT2D eigenvalue weighted by Gasteiger charge is -2.34. The first kappa shape index (κ1) is 13.9. The van der Waals surface area contributed by atoms with Gasteiger partial charge in [0.15, 0.2) is 0 Å². The summed E-state index contributed by atoms with van der Waals surface area (Å²) in [6.07, 6.45) is 0. The molecule has 0 radical (unpaired) electrons. The molecule has 0 aromatic rings. The zero-order valence-electron chi connectivity index (χ0n) is 10.9. The highest BCUT2D eigenvalue weighted by Gasteiger charge is 2.22. The Morgan fingerprint density at radius 3 is 2.35 bits per heavy atom. The maximum Gasteiger partial charge on any atom is 0.248 e. The standard InChI is InChI=1S/C12H21N3O2/c1-12(2,3)17-10-11(16)15-8-6-14(5-4-13)7-9-15/h5-10H2,1-3H3. The van der Waals surface area contributed by atoms with Gasteiger partial charge in [0.1, 0.15) is 6.61 Å². The molecule has 0 aliphatic carbocycles. The van der Waals surface area contributed by atoms with Crippen molar-refractivity contribution >= 4 is 5.91 Å². The monoisotopic (exact) mass is 239 g/mol. The van der Waals surface area contributed by atoms with Crippen molar-refractivity contribution in [3.05, 3.63) is 0 Å². The number of amides is 1. The molecule has 1 aliphatic rings. The minimum atomic E-state index is -0.279. The van der Waals surface area contributed by atoms with Gasteiger partial charge in [-0.25, -0.2) is 0 Å². The quantitative estimate of drug-likeness (QED) is 0.672. The smallest absolute Gasteiger partial charge is 0.248 e. The summed E-state index contributed by atoms with van der Waals surface area (Å²) in [6.45, 7) is 9.31. The lowest BCUT2D eigenvalue weighted by Crippen LogP contribution is -2.50. The molecule has 0 spiro atoms. The van der Waals surface area contributed by atoms with Crippen molar-refractivity contribution in [2.24, 2.45) is 0 Å². The molecular formula is C12H21N3O2. The predicted molar refractivity (Wildman–Crippen MR) is 64.3 cm³/mol. The summed E-state index contributed by atoms with van der Waals surface area (Å²) in [7, 11) is 0. The van der Waals surface area contributed by atoms with E-state index in [4.69, 9.17) is 10.00 Å². The van der Waals surface area contributed by atoms with Crippen LogP contribution in [0.2, 0.25) is 0 Å². The van der Waals surface area contributed by atoms with Crippen LogP contribution in [0, 0.1) is 11.3 Å². The highest BCUT2D eigenvalue weighted by atomic mass is 16.5. The number of rotatable bonds is 3. The second-order valence-corrected chi connectivity index (χ2v) is 5.22. The van der Waals surface area contributed by atoms with E-state index >= 15 is 0 Å². The van der Waals surface area contributed by atoms with E-state index in [-0.39, 0.29) is 18.1 Å². The molecule has 5 nitrogen and oxygen atoms in total. The lowest BCUT2D eigenvalue weighted by molar-refractivity contribution is -0.142. The van der Waals surface area contributed by atoms with Crippen molar-refractivity contribution in [3.8, 4) is 6.07 Å². The molecule has 1 heterocycles. The Hall–Kier alpha value is -1.12. The Morgan fingerprint density at radius 2 is 1.88 bits per heavy atom. The fraction of sp³-hybridized carbons (Fsp3) is 0.833. The SMILES string of the molecule is CC(C)(C)OCC(=O)N1CCN(CC#N)CC1. The van der Waals surface area contributed by atoms with E-state index < -0.39 is 0 Å². The Bertz CT molecular complexity index is 296. The van der Waals surface area contributed by atoms with Crippen LogP contribution in [0.15, 0.2) is 0 Å². The summed E-state index contributed by atoms with van der Waals surface area (Å²) in [5.41, 5.74) is -0.279. The topological polar surface area (TPSA) is 56.6 Å². The summed E-state index contributed by atoms with van der Waals surface area (Å²) in [5, 5.41) is 8.58. The van der Waals surface area contributed by atoms with Gasteiger partial charge in [0.05, 0.1) is 18.2 Å². The third-order valence-electron chi connectivity index (χ3n) is 2.65. The van der Waals surface area contributed by atoms with E-state index in [1.165, 1.54) is 0 Å². The number of nitrogens with zero attached hydrogens (tertiary/aromatic N) is 3. The molecular weight excluding hydrogens is 218 g/mol. The third kappa shape index (κ3) is 5.16. The zero-order chi connectivity index (χ0) is 12.9. The Kier molecular flexibility index (Phi) is 4.91. The van der Waals surface area contributed by atoms with Crippen molar-refractivity contribution in [1.29, 1.82) is 5.26 Å². The average Bonchev–Trinajstić information content (AvgIpc) is 2.26. The molecule has 0 atom stereocenters. The molecule has 0 aromatic carbocycles. The number of hydrogen-bond acceptors (Lipinski definition) is 4. The molecule has 0 N–H and O–H groups in total. The summed E-state index contributed by atoms with van der Waals surface area (Å²) < 4.78 is 5.46. The number of hydrogen-bond donors (Lipinski definition) is 0. The molecule has 1 amide bonds. The van der Waals surface area contributed by atoms with Crippen LogP contribution < -0.4 is 0 Å². The van der Waals surface area contributed by atoms with Crippen molar-refractivity contribution in [3.63, 3.8) is 0 Å². The largest absolute Gasteiger partial charge is 0.366 e. The highest BCUT2D eigenvalue weighted by molar-refractivity contribution is 5.77. The van der Waals surface area contributed by atoms with E-state index in [1.54, 1.807) is 4.90 Å². The Balaban J connectivity index is 2.29. The van der Waals surface area contributed by atoms with Crippen molar-refractivity contribution in [2.45, 2.75) is 26.4 Å². The van der Waals surface area contributed by atoms with Gasteiger partial charge in [-0.15, -0.1) is 0 Å². The van der Waals surface area contributed by atoms with Crippen LogP contribution in [-0.2, 0) is 9.53 Å². The molecule has 1 aliphatic heterocycles. The maximum absolute atomic E-state index is 11.8. The van der Waals surface area contributed by atoms with Gasteiger partial charge in [0.2, 0.25) is 5.91 Å². The number of nitriles is 1. The number of carbonyl (C=O) groups is 1. The van der Waals surface area contributed by atoms with Gasteiger partial charge in [-0.3, -0.25) is 9.69 Å². The van der Waals surface area contributed by atoms with Crippen LogP contribution in [-0.4, -0.2) is 60.6 Å². The maximum atomic E-state index is 11.8. The molecule has 1 saturated heterocycles. The fourth-order valence-electron chi connectivity index (χ4n) is 1.62. The first-order valence-corrected chi connectivity index (χ1v) is 5.93. The summed E-state index contributed by atoms with van der Waals surface area (Å²) in [5.74, 6) is 0.0385. The van der Waals surface area contributed by atoms with E-state index in [0.29, 0.717) is 19.6 Å². The van der Waals surface area contributed by atoms with Crippen molar-refractivity contribution < 1.29 is 9.53 Å². The second-order valence-electron chi connectivity index (χ2n) is 5.22. The summed E-state index contributed by atoms with van der Waals surface area (Å²) in [4.78, 5) is 15.7. The van der Waals surface area contributed by atoms with Crippen LogP contribution in [0.4, 0.5) is 0 Å². The lowest BCUT2D eigenvalue weighted by atomic mass is 10.2. The highest BCUT2D eigenvalue weighted by Crippen LogP contribution is 2.08. The Morgan fingerprint density at radius 1 is 1.29 bits per heavy atom.